The lowest BCUT2D eigenvalue weighted by atomic mass is 10.1. The van der Waals surface area contributed by atoms with E-state index in [9.17, 15) is 18.5 Å². The summed E-state index contributed by atoms with van der Waals surface area (Å²) >= 11 is 0. The van der Waals surface area contributed by atoms with Crippen molar-refractivity contribution in [3.05, 3.63) is 69.8 Å². The zero-order chi connectivity index (χ0) is 17.0. The Bertz CT molecular complexity index is 801. The van der Waals surface area contributed by atoms with Crippen LogP contribution < -0.4 is 4.72 Å². The third kappa shape index (κ3) is 3.94. The maximum absolute atomic E-state index is 12.4. The quantitative estimate of drug-likeness (QED) is 0.649. The Morgan fingerprint density at radius 1 is 1.13 bits per heavy atom. The zero-order valence-electron chi connectivity index (χ0n) is 12.9. The molecule has 0 radical (unpaired) electrons. The molecular formula is C16H18N2O4S. The van der Waals surface area contributed by atoms with Crippen molar-refractivity contribution in [2.75, 3.05) is 0 Å². The third-order valence-electron chi connectivity index (χ3n) is 3.57. The van der Waals surface area contributed by atoms with Gasteiger partial charge in [-0.25, -0.2) is 13.1 Å². The molecule has 2 rings (SSSR count). The largest absolute Gasteiger partial charge is 0.289 e. The van der Waals surface area contributed by atoms with Crippen LogP contribution in [0.25, 0.3) is 0 Å². The number of nitro benzene ring substituents is 1. The van der Waals surface area contributed by atoms with Crippen LogP contribution in [0.2, 0.25) is 0 Å². The highest BCUT2D eigenvalue weighted by Gasteiger charge is 2.26. The molecule has 23 heavy (non-hydrogen) atoms. The van der Waals surface area contributed by atoms with E-state index in [0.29, 0.717) is 0 Å². The number of sulfonamides is 1. The van der Waals surface area contributed by atoms with E-state index < -0.39 is 26.7 Å². The molecule has 2 aromatic rings. The summed E-state index contributed by atoms with van der Waals surface area (Å²) in [5.41, 5.74) is 1.51. The van der Waals surface area contributed by atoms with Crippen LogP contribution in [0.1, 0.15) is 31.0 Å². The number of aryl methyl sites for hydroxylation is 1. The van der Waals surface area contributed by atoms with Gasteiger partial charge in [-0.15, -0.1) is 0 Å². The first-order valence-corrected chi connectivity index (χ1v) is 8.68. The summed E-state index contributed by atoms with van der Waals surface area (Å²) in [4.78, 5) is 9.98. The topological polar surface area (TPSA) is 89.3 Å². The summed E-state index contributed by atoms with van der Waals surface area (Å²) in [6, 6.07) is 12.4. The minimum absolute atomic E-state index is 0.331. The Kier molecular flexibility index (Phi) is 5.12. The highest BCUT2D eigenvalue weighted by molar-refractivity contribution is 7.89. The van der Waals surface area contributed by atoms with Crippen molar-refractivity contribution in [3.63, 3.8) is 0 Å². The first kappa shape index (κ1) is 17.1. The Balaban J connectivity index is 2.28. The number of benzene rings is 2. The maximum Gasteiger partial charge on any atom is 0.289 e. The Labute approximate surface area is 135 Å². The van der Waals surface area contributed by atoms with E-state index in [0.717, 1.165) is 17.5 Å². The summed E-state index contributed by atoms with van der Waals surface area (Å²) in [6.45, 7) is 3.74. The molecule has 2 aromatic carbocycles. The summed E-state index contributed by atoms with van der Waals surface area (Å²) in [5, 5.41) is 11.0. The number of hydrogen-bond acceptors (Lipinski definition) is 4. The molecule has 0 aliphatic heterocycles. The number of nitrogens with zero attached hydrogens (tertiary/aromatic N) is 1. The second-order valence-corrected chi connectivity index (χ2v) is 6.85. The van der Waals surface area contributed by atoms with E-state index in [2.05, 4.69) is 4.72 Å². The number of para-hydroxylation sites is 1. The molecule has 0 saturated heterocycles. The highest BCUT2D eigenvalue weighted by Crippen LogP contribution is 2.25. The molecule has 0 aliphatic carbocycles. The molecule has 0 amide bonds. The second-order valence-electron chi connectivity index (χ2n) is 5.16. The van der Waals surface area contributed by atoms with Crippen LogP contribution in [-0.2, 0) is 16.4 Å². The zero-order valence-corrected chi connectivity index (χ0v) is 13.7. The average Bonchev–Trinajstić information content (AvgIpc) is 2.54. The average molecular weight is 334 g/mol. The van der Waals surface area contributed by atoms with E-state index in [4.69, 9.17) is 0 Å². The van der Waals surface area contributed by atoms with Crippen molar-refractivity contribution >= 4 is 15.7 Å². The van der Waals surface area contributed by atoms with Crippen LogP contribution in [-0.4, -0.2) is 13.3 Å². The first-order chi connectivity index (χ1) is 10.8. The fraction of sp³-hybridized carbons (Fsp3) is 0.250. The van der Waals surface area contributed by atoms with Gasteiger partial charge in [0.1, 0.15) is 0 Å². The molecule has 6 nitrogen and oxygen atoms in total. The van der Waals surface area contributed by atoms with Gasteiger partial charge in [-0.2, -0.15) is 0 Å². The molecule has 7 heteroatoms. The predicted octanol–water partition coefficient (Wildman–Crippen LogP) is 3.20. The SMILES string of the molecule is CCc1ccc([C@H](C)NS(=O)(=O)c2ccccc2[N+](=O)[O-])cc1. The summed E-state index contributed by atoms with van der Waals surface area (Å²) in [5.74, 6) is 0. The van der Waals surface area contributed by atoms with Gasteiger partial charge < -0.3 is 0 Å². The van der Waals surface area contributed by atoms with Crippen molar-refractivity contribution in [1.29, 1.82) is 0 Å². The fourth-order valence-corrected chi connectivity index (χ4v) is 3.65. The molecule has 0 spiro atoms. The lowest BCUT2D eigenvalue weighted by Crippen LogP contribution is -2.27. The van der Waals surface area contributed by atoms with E-state index >= 15 is 0 Å². The van der Waals surface area contributed by atoms with Gasteiger partial charge in [-0.1, -0.05) is 43.3 Å². The predicted molar refractivity (Wildman–Crippen MR) is 87.7 cm³/mol. The van der Waals surface area contributed by atoms with Crippen molar-refractivity contribution in [1.82, 2.24) is 4.72 Å². The monoisotopic (exact) mass is 334 g/mol. The van der Waals surface area contributed by atoms with Gasteiger partial charge in [0.15, 0.2) is 4.90 Å². The van der Waals surface area contributed by atoms with Gasteiger partial charge in [-0.05, 0) is 30.5 Å². The second kappa shape index (κ2) is 6.89. The Morgan fingerprint density at radius 2 is 1.74 bits per heavy atom. The van der Waals surface area contributed by atoms with Gasteiger partial charge in [0.25, 0.3) is 5.69 Å². The molecular weight excluding hydrogens is 316 g/mol. The molecule has 0 unspecified atom stereocenters. The van der Waals surface area contributed by atoms with Crippen LogP contribution in [0.4, 0.5) is 5.69 Å². The van der Waals surface area contributed by atoms with Crippen molar-refractivity contribution in [2.45, 2.75) is 31.2 Å². The van der Waals surface area contributed by atoms with Gasteiger partial charge in [0.05, 0.1) is 4.92 Å². The molecule has 122 valence electrons. The maximum atomic E-state index is 12.4. The Hall–Kier alpha value is -2.25. The number of rotatable bonds is 6. The summed E-state index contributed by atoms with van der Waals surface area (Å²) < 4.78 is 27.4. The minimum atomic E-state index is -3.99. The van der Waals surface area contributed by atoms with Gasteiger partial charge in [-0.3, -0.25) is 10.1 Å². The van der Waals surface area contributed by atoms with Gasteiger partial charge in [0, 0.05) is 12.1 Å². The number of nitrogens with one attached hydrogen (secondary N) is 1. The molecule has 0 heterocycles. The molecule has 1 atom stereocenters. The molecule has 0 aliphatic rings. The molecule has 0 aromatic heterocycles. The number of nitro groups is 1. The van der Waals surface area contributed by atoms with Crippen LogP contribution in [0.15, 0.2) is 53.4 Å². The molecule has 0 bridgehead atoms. The van der Waals surface area contributed by atoms with Crippen LogP contribution >= 0.6 is 0 Å². The smallest absolute Gasteiger partial charge is 0.258 e. The molecule has 1 N–H and O–H groups in total. The van der Waals surface area contributed by atoms with E-state index in [1.165, 1.54) is 24.3 Å². The lowest BCUT2D eigenvalue weighted by Gasteiger charge is -2.15. The van der Waals surface area contributed by atoms with E-state index in [1.54, 1.807) is 6.92 Å². The Morgan fingerprint density at radius 3 is 2.30 bits per heavy atom. The van der Waals surface area contributed by atoms with Crippen molar-refractivity contribution in [2.24, 2.45) is 0 Å². The van der Waals surface area contributed by atoms with Crippen molar-refractivity contribution in [3.8, 4) is 0 Å². The standard InChI is InChI=1S/C16H18N2O4S/c1-3-13-8-10-14(11-9-13)12(2)17-23(21,22)16-7-5-4-6-15(16)18(19)20/h4-12,17H,3H2,1-2H3/t12-/m0/s1. The summed E-state index contributed by atoms with van der Waals surface area (Å²) in [6.07, 6.45) is 0.899. The third-order valence-corrected chi connectivity index (χ3v) is 5.16. The van der Waals surface area contributed by atoms with Gasteiger partial charge in [0.2, 0.25) is 10.0 Å². The van der Waals surface area contributed by atoms with E-state index in [-0.39, 0.29) is 4.90 Å². The molecule has 0 fully saturated rings. The van der Waals surface area contributed by atoms with Crippen LogP contribution in [0, 0.1) is 10.1 Å². The first-order valence-electron chi connectivity index (χ1n) is 7.19. The van der Waals surface area contributed by atoms with Crippen LogP contribution in [0.5, 0.6) is 0 Å². The lowest BCUT2D eigenvalue weighted by molar-refractivity contribution is -0.387. The fourth-order valence-electron chi connectivity index (χ4n) is 2.24. The minimum Gasteiger partial charge on any atom is -0.258 e. The van der Waals surface area contributed by atoms with Crippen LogP contribution in [0.3, 0.4) is 0 Å². The van der Waals surface area contributed by atoms with Crippen molar-refractivity contribution < 1.29 is 13.3 Å². The summed E-state index contributed by atoms with van der Waals surface area (Å²) in [7, 11) is -3.99. The van der Waals surface area contributed by atoms with Gasteiger partial charge >= 0.3 is 0 Å². The normalized spacial score (nSPS) is 12.8. The highest BCUT2D eigenvalue weighted by atomic mass is 32.2. The number of hydrogen-bond donors (Lipinski definition) is 1. The van der Waals surface area contributed by atoms with E-state index in [1.807, 2.05) is 31.2 Å². The molecule has 0 saturated carbocycles.